The number of rotatable bonds is 9. The fourth-order valence-electron chi connectivity index (χ4n) is 8.36. The van der Waals surface area contributed by atoms with Gasteiger partial charge in [-0.05, 0) is 0 Å². The van der Waals surface area contributed by atoms with Crippen molar-refractivity contribution in [2.24, 2.45) is 0 Å². The third-order valence-corrected chi connectivity index (χ3v) is 63.8. The molecule has 0 aromatic heterocycles. The molecule has 4 aromatic carbocycles. The van der Waals surface area contributed by atoms with E-state index in [1.54, 1.807) is 0 Å². The van der Waals surface area contributed by atoms with Crippen LogP contribution < -0.4 is 0 Å². The van der Waals surface area contributed by atoms with E-state index in [4.69, 9.17) is 17.0 Å². The number of allylic oxidation sites excluding steroid dienone is 2. The standard InChI is InChI=1S/2C20H21.C2H7Si.2ClH.Zr/c2*1-4-15(3)16-8-10-17(11-9-16)19-7-5-6-18-12-14(2)13-20(18)19;1-3-2;;;/h2*5-13,15H,4H2,1-3H3;3H,1-2H3;2*1H;/q;;;;;+2/p-2. The van der Waals surface area contributed by atoms with Crippen molar-refractivity contribution in [3.63, 3.8) is 0 Å². The molecule has 6 rings (SSSR count). The van der Waals surface area contributed by atoms with Crippen molar-refractivity contribution in [1.82, 2.24) is 0 Å². The fourth-order valence-corrected chi connectivity index (χ4v) is 41.3. The van der Waals surface area contributed by atoms with Crippen molar-refractivity contribution >= 4 is 35.1 Å². The van der Waals surface area contributed by atoms with E-state index in [1.165, 1.54) is 66.8 Å². The third kappa shape index (κ3) is 5.44. The van der Waals surface area contributed by atoms with Gasteiger partial charge in [-0.25, -0.2) is 0 Å². The number of benzene rings is 4. The van der Waals surface area contributed by atoms with E-state index in [9.17, 15) is 0 Å². The molecule has 4 unspecified atom stereocenters. The van der Waals surface area contributed by atoms with E-state index in [0.717, 1.165) is 12.8 Å². The van der Waals surface area contributed by atoms with Crippen molar-refractivity contribution in [3.05, 3.63) is 129 Å². The van der Waals surface area contributed by atoms with Crippen LogP contribution in [0.4, 0.5) is 0 Å². The Hall–Kier alpha value is -1.96. The summed E-state index contributed by atoms with van der Waals surface area (Å²) in [5.74, 6) is -0.450. The van der Waals surface area contributed by atoms with Gasteiger partial charge in [-0.1, -0.05) is 0 Å². The summed E-state index contributed by atoms with van der Waals surface area (Å²) >= 11 is -4.71. The second-order valence-corrected chi connectivity index (χ2v) is 57.0. The quantitative estimate of drug-likeness (QED) is 0.150. The molecule has 0 bridgehead atoms. The van der Waals surface area contributed by atoms with Gasteiger partial charge in [0.2, 0.25) is 0 Å². The van der Waals surface area contributed by atoms with Crippen molar-refractivity contribution in [2.75, 3.05) is 0 Å². The number of hydrogen-bond acceptors (Lipinski definition) is 0. The van der Waals surface area contributed by atoms with Gasteiger partial charge in [0.15, 0.2) is 0 Å². The van der Waals surface area contributed by atoms with Gasteiger partial charge in [0.25, 0.3) is 0 Å². The molecular formula is C42H49Cl2SiZr. The van der Waals surface area contributed by atoms with E-state index in [2.05, 4.69) is 152 Å². The summed E-state index contributed by atoms with van der Waals surface area (Å²) in [5.41, 5.74) is 15.9. The van der Waals surface area contributed by atoms with Gasteiger partial charge in [-0.3, -0.25) is 0 Å². The topological polar surface area (TPSA) is 0 Å². The SMILES string of the molecule is CCC(C)c1ccc(-c2cccc3c2C=C(C)[CH]3[Zr]([Cl])([Cl])([CH]2C(C)=Cc3c(-c4ccc(C(C)CC)cc4)cccc32)[SiH](C)C)cc1. The molecule has 0 fully saturated rings. The zero-order valence-corrected chi connectivity index (χ0v) is 33.9. The van der Waals surface area contributed by atoms with Crippen LogP contribution in [0.5, 0.6) is 0 Å². The van der Waals surface area contributed by atoms with Crippen LogP contribution >= 0.6 is 17.0 Å². The predicted molar refractivity (Wildman–Crippen MR) is 205 cm³/mol. The molecule has 4 atom stereocenters. The van der Waals surface area contributed by atoms with E-state index in [0.29, 0.717) is 11.8 Å². The molecule has 4 heteroatoms. The summed E-state index contributed by atoms with van der Waals surface area (Å²) in [6.07, 6.45) is 7.12. The molecule has 0 nitrogen and oxygen atoms in total. The van der Waals surface area contributed by atoms with Crippen molar-refractivity contribution in [1.29, 1.82) is 0 Å². The molecule has 46 heavy (non-hydrogen) atoms. The first-order valence-corrected chi connectivity index (χ1v) is 33.6. The number of fused-ring (bicyclic) bond motifs is 2. The molecular weight excluding hydrogens is 695 g/mol. The summed E-state index contributed by atoms with van der Waals surface area (Å²) in [5, 5.41) is 0. The summed E-state index contributed by atoms with van der Waals surface area (Å²) in [4.78, 5) is 0. The molecule has 0 aliphatic heterocycles. The average Bonchev–Trinajstić information content (AvgIpc) is 3.60. The normalized spacial score (nSPS) is 19.6. The number of hydrogen-bond donors (Lipinski definition) is 0. The van der Waals surface area contributed by atoms with Gasteiger partial charge < -0.3 is 0 Å². The average molecular weight is 744 g/mol. The minimum atomic E-state index is -4.71. The molecule has 0 saturated heterocycles. The van der Waals surface area contributed by atoms with E-state index in [1.807, 2.05) is 0 Å². The Morgan fingerprint density at radius 1 is 0.609 bits per heavy atom. The summed E-state index contributed by atoms with van der Waals surface area (Å²) in [7, 11) is 17.0. The van der Waals surface area contributed by atoms with Crippen LogP contribution in [0.1, 0.15) is 107 Å². The summed E-state index contributed by atoms with van der Waals surface area (Å²) in [6.45, 7) is 18.6. The Kier molecular flexibility index (Phi) is 9.45. The zero-order valence-electron chi connectivity index (χ0n) is 28.8. The molecule has 4 aromatic rings. The van der Waals surface area contributed by atoms with Crippen LogP contribution in [0.15, 0.2) is 96.1 Å². The Balaban J connectivity index is 1.46. The molecule has 0 radical (unpaired) electrons. The van der Waals surface area contributed by atoms with Crippen LogP contribution in [-0.4, -0.2) is 5.92 Å². The van der Waals surface area contributed by atoms with Crippen molar-refractivity contribution < 1.29 is 15.6 Å². The van der Waals surface area contributed by atoms with Gasteiger partial charge >= 0.3 is 289 Å². The van der Waals surface area contributed by atoms with Crippen LogP contribution in [0.3, 0.4) is 0 Å². The zero-order chi connectivity index (χ0) is 33.0. The molecule has 0 amide bonds. The second kappa shape index (κ2) is 12.8. The molecule has 239 valence electrons. The Bertz CT molecular complexity index is 1700. The Labute approximate surface area is 286 Å². The van der Waals surface area contributed by atoms with Crippen LogP contribution in [0.2, 0.25) is 13.1 Å². The maximum absolute atomic E-state index is 8.48. The van der Waals surface area contributed by atoms with E-state index < -0.39 is 21.5 Å². The Morgan fingerprint density at radius 3 is 1.30 bits per heavy atom. The second-order valence-electron chi connectivity index (χ2n) is 14.5. The third-order valence-electron chi connectivity index (χ3n) is 11.6. The molecule has 2 aliphatic carbocycles. The van der Waals surface area contributed by atoms with Gasteiger partial charge in [0.1, 0.15) is 0 Å². The molecule has 0 heterocycles. The van der Waals surface area contributed by atoms with E-state index >= 15 is 0 Å². The fraction of sp³-hybridized carbons (Fsp3) is 0.333. The van der Waals surface area contributed by atoms with Gasteiger partial charge in [0, 0.05) is 0 Å². The minimum absolute atomic E-state index is 0.101. The van der Waals surface area contributed by atoms with E-state index in [-0.39, 0.29) is 7.25 Å². The molecule has 0 spiro atoms. The molecule has 2 aliphatic rings. The maximum atomic E-state index is 8.48. The first-order valence-electron chi connectivity index (χ1n) is 17.3. The summed E-state index contributed by atoms with van der Waals surface area (Å²) in [6, 6.07) is 32.1. The predicted octanol–water partition coefficient (Wildman–Crippen LogP) is 13.6. The summed E-state index contributed by atoms with van der Waals surface area (Å²) < 4.78 is 0.201. The first-order chi connectivity index (χ1) is 21.9. The van der Waals surface area contributed by atoms with Gasteiger partial charge in [-0.15, -0.1) is 0 Å². The number of halogens is 2. The van der Waals surface area contributed by atoms with Crippen molar-refractivity contribution in [3.8, 4) is 22.3 Å². The molecule has 0 N–H and O–H groups in total. The van der Waals surface area contributed by atoms with Crippen molar-refractivity contribution in [2.45, 2.75) is 86.6 Å². The Morgan fingerprint density at radius 2 is 0.978 bits per heavy atom. The van der Waals surface area contributed by atoms with Crippen LogP contribution in [0.25, 0.3) is 34.4 Å². The van der Waals surface area contributed by atoms with Gasteiger partial charge in [0.05, 0.1) is 0 Å². The first kappa shape index (κ1) is 33.9. The van der Waals surface area contributed by atoms with Crippen LogP contribution in [-0.2, 0) is 15.6 Å². The van der Waals surface area contributed by atoms with Crippen LogP contribution in [0, 0.1) is 0 Å². The van der Waals surface area contributed by atoms with Gasteiger partial charge in [-0.2, -0.15) is 0 Å². The molecule has 0 saturated carbocycles. The monoisotopic (exact) mass is 741 g/mol.